The van der Waals surface area contributed by atoms with Gasteiger partial charge in [0, 0.05) is 19.5 Å². The second-order valence-corrected chi connectivity index (χ2v) is 9.56. The minimum Gasteiger partial charge on any atom is -0.489 e. The van der Waals surface area contributed by atoms with Gasteiger partial charge in [-0.05, 0) is 34.4 Å². The van der Waals surface area contributed by atoms with Crippen LogP contribution in [0.3, 0.4) is 0 Å². The van der Waals surface area contributed by atoms with Gasteiger partial charge in [0.1, 0.15) is 19.0 Å². The zero-order valence-electron chi connectivity index (χ0n) is 23.7. The van der Waals surface area contributed by atoms with Gasteiger partial charge in [-0.1, -0.05) is 60.7 Å². The molecule has 220 valence electrons. The molecule has 9 heteroatoms. The van der Waals surface area contributed by atoms with Crippen LogP contribution in [0.15, 0.2) is 72.8 Å². The van der Waals surface area contributed by atoms with Crippen molar-refractivity contribution < 1.29 is 33.2 Å². The number of hydrogen-bond donors (Lipinski definition) is 1. The molecule has 0 unspecified atom stereocenters. The lowest BCUT2D eigenvalue weighted by atomic mass is 9.98. The summed E-state index contributed by atoms with van der Waals surface area (Å²) in [5.41, 5.74) is 11.2. The maximum Gasteiger partial charge on any atom is 0.409 e. The number of likely N-dealkylation sites (N-methyl/N-ethyl adjacent to an activating group) is 1. The lowest BCUT2D eigenvalue weighted by Gasteiger charge is -2.19. The summed E-state index contributed by atoms with van der Waals surface area (Å²) in [5, 5.41) is 0. The summed E-state index contributed by atoms with van der Waals surface area (Å²) in [6.45, 7) is 4.83. The van der Waals surface area contributed by atoms with Crippen molar-refractivity contribution in [2.24, 2.45) is 0 Å². The SMILES string of the molecule is CN(CCOCCOCCOCCOCCOc1ccccc1N)C(=O)OCC1c2ccccc2-c2ccccc21. The second kappa shape index (κ2) is 16.6. The van der Waals surface area contributed by atoms with Crippen molar-refractivity contribution in [3.05, 3.63) is 83.9 Å². The summed E-state index contributed by atoms with van der Waals surface area (Å²) in [5.74, 6) is 0.709. The van der Waals surface area contributed by atoms with Crippen LogP contribution >= 0.6 is 0 Å². The zero-order valence-corrected chi connectivity index (χ0v) is 23.7. The molecule has 0 spiro atoms. The van der Waals surface area contributed by atoms with Gasteiger partial charge in [0.15, 0.2) is 0 Å². The van der Waals surface area contributed by atoms with E-state index in [1.807, 2.05) is 42.5 Å². The number of nitrogens with zero attached hydrogens (tertiary/aromatic N) is 1. The molecule has 3 aromatic carbocycles. The monoisotopic (exact) mass is 564 g/mol. The van der Waals surface area contributed by atoms with E-state index in [1.54, 1.807) is 13.1 Å². The van der Waals surface area contributed by atoms with Gasteiger partial charge in [-0.2, -0.15) is 0 Å². The van der Waals surface area contributed by atoms with Crippen LogP contribution in [0.25, 0.3) is 11.1 Å². The van der Waals surface area contributed by atoms with E-state index in [-0.39, 0.29) is 12.0 Å². The summed E-state index contributed by atoms with van der Waals surface area (Å²) in [6, 6.07) is 24.0. The van der Waals surface area contributed by atoms with Gasteiger partial charge in [-0.15, -0.1) is 0 Å². The van der Waals surface area contributed by atoms with Crippen LogP contribution in [0.5, 0.6) is 5.75 Å². The van der Waals surface area contributed by atoms with Crippen LogP contribution in [-0.4, -0.2) is 90.7 Å². The molecule has 1 amide bonds. The highest BCUT2D eigenvalue weighted by Gasteiger charge is 2.29. The Bertz CT molecular complexity index is 1180. The van der Waals surface area contributed by atoms with E-state index in [9.17, 15) is 4.79 Å². The second-order valence-electron chi connectivity index (χ2n) is 9.56. The molecule has 0 saturated carbocycles. The van der Waals surface area contributed by atoms with Crippen LogP contribution in [0.2, 0.25) is 0 Å². The average molecular weight is 565 g/mol. The fourth-order valence-corrected chi connectivity index (χ4v) is 4.58. The Labute approximate surface area is 242 Å². The molecule has 2 N–H and O–H groups in total. The predicted octanol–water partition coefficient (Wildman–Crippen LogP) is 4.59. The van der Waals surface area contributed by atoms with Crippen LogP contribution in [0.1, 0.15) is 17.0 Å². The molecule has 0 fully saturated rings. The van der Waals surface area contributed by atoms with Gasteiger partial charge in [-0.3, -0.25) is 0 Å². The van der Waals surface area contributed by atoms with Gasteiger partial charge in [0.05, 0.1) is 58.5 Å². The summed E-state index contributed by atoms with van der Waals surface area (Å²) in [6.07, 6.45) is -0.360. The predicted molar refractivity (Wildman–Crippen MR) is 157 cm³/mol. The Morgan fingerprint density at radius 3 is 1.76 bits per heavy atom. The number of nitrogen functional groups attached to an aromatic ring is 1. The molecule has 1 aliphatic carbocycles. The Hall–Kier alpha value is -3.63. The highest BCUT2D eigenvalue weighted by molar-refractivity contribution is 5.79. The fraction of sp³-hybridized carbons (Fsp3) is 0.406. The summed E-state index contributed by atoms with van der Waals surface area (Å²) in [7, 11) is 1.71. The molecular weight excluding hydrogens is 524 g/mol. The Balaban J connectivity index is 0.962. The third kappa shape index (κ3) is 9.19. The van der Waals surface area contributed by atoms with Crippen molar-refractivity contribution in [1.29, 1.82) is 0 Å². The quantitative estimate of drug-likeness (QED) is 0.177. The third-order valence-electron chi connectivity index (χ3n) is 6.74. The lowest BCUT2D eigenvalue weighted by Crippen LogP contribution is -2.32. The first-order valence-corrected chi connectivity index (χ1v) is 14.0. The van der Waals surface area contributed by atoms with Gasteiger partial charge in [0.2, 0.25) is 0 Å². The van der Waals surface area contributed by atoms with Crippen LogP contribution in [-0.2, 0) is 23.7 Å². The zero-order chi connectivity index (χ0) is 28.7. The average Bonchev–Trinajstić information content (AvgIpc) is 3.32. The molecule has 0 aliphatic heterocycles. The van der Waals surface area contributed by atoms with Crippen molar-refractivity contribution >= 4 is 11.8 Å². The molecule has 0 saturated heterocycles. The highest BCUT2D eigenvalue weighted by atomic mass is 16.6. The number of rotatable bonds is 18. The number of ether oxygens (including phenoxy) is 6. The Kier molecular flexibility index (Phi) is 12.3. The van der Waals surface area contributed by atoms with E-state index in [0.717, 1.165) is 0 Å². The molecule has 3 aromatic rings. The normalized spacial score (nSPS) is 12.1. The first-order valence-electron chi connectivity index (χ1n) is 14.0. The molecule has 1 aliphatic rings. The van der Waals surface area contributed by atoms with E-state index >= 15 is 0 Å². The smallest absolute Gasteiger partial charge is 0.409 e. The van der Waals surface area contributed by atoms with Crippen molar-refractivity contribution in [2.45, 2.75) is 5.92 Å². The van der Waals surface area contributed by atoms with Gasteiger partial charge < -0.3 is 39.1 Å². The van der Waals surface area contributed by atoms with Crippen molar-refractivity contribution in [3.63, 3.8) is 0 Å². The molecule has 0 radical (unpaired) electrons. The van der Waals surface area contributed by atoms with E-state index in [0.29, 0.717) is 84.1 Å². The topological polar surface area (TPSA) is 102 Å². The maximum absolute atomic E-state index is 12.5. The number of benzene rings is 3. The van der Waals surface area contributed by atoms with Crippen molar-refractivity contribution in [2.75, 3.05) is 85.4 Å². The number of hydrogen-bond acceptors (Lipinski definition) is 8. The van der Waals surface area contributed by atoms with Crippen LogP contribution in [0, 0.1) is 0 Å². The number of anilines is 1. The standard InChI is InChI=1S/C32H40N2O7/c1-34(32(35)41-24-29-27-10-4-2-8-25(27)26-9-3-5-11-28(26)29)14-15-36-16-17-37-18-19-38-20-21-39-22-23-40-31-13-7-6-12-30(31)33/h2-13,29H,14-24,33H2,1H3. The minimum absolute atomic E-state index is 0.0458. The Morgan fingerprint density at radius 1 is 0.683 bits per heavy atom. The number of carbonyl (C=O) groups is 1. The number of para-hydroxylation sites is 2. The molecule has 0 bridgehead atoms. The summed E-state index contributed by atoms with van der Waals surface area (Å²) in [4.78, 5) is 14.1. The summed E-state index contributed by atoms with van der Waals surface area (Å²) < 4.78 is 33.3. The molecule has 0 aromatic heterocycles. The van der Waals surface area contributed by atoms with Crippen LogP contribution in [0.4, 0.5) is 10.5 Å². The molecule has 41 heavy (non-hydrogen) atoms. The van der Waals surface area contributed by atoms with E-state index in [2.05, 4.69) is 24.3 Å². The lowest BCUT2D eigenvalue weighted by molar-refractivity contribution is -0.00597. The van der Waals surface area contributed by atoms with E-state index in [1.165, 1.54) is 27.2 Å². The minimum atomic E-state index is -0.360. The van der Waals surface area contributed by atoms with Gasteiger partial charge in [-0.25, -0.2) is 4.79 Å². The third-order valence-corrected chi connectivity index (χ3v) is 6.74. The molecule has 0 atom stereocenters. The van der Waals surface area contributed by atoms with Crippen molar-refractivity contribution in [1.82, 2.24) is 4.90 Å². The molecular formula is C32H40N2O7. The first-order chi connectivity index (χ1) is 20.1. The molecule has 4 rings (SSSR count). The number of carbonyl (C=O) groups excluding carboxylic acids is 1. The van der Waals surface area contributed by atoms with Crippen molar-refractivity contribution in [3.8, 4) is 16.9 Å². The summed E-state index contributed by atoms with van der Waals surface area (Å²) >= 11 is 0. The number of fused-ring (bicyclic) bond motifs is 3. The molecule has 9 nitrogen and oxygen atoms in total. The first kappa shape index (κ1) is 30.3. The van der Waals surface area contributed by atoms with E-state index < -0.39 is 0 Å². The van der Waals surface area contributed by atoms with Gasteiger partial charge >= 0.3 is 6.09 Å². The largest absolute Gasteiger partial charge is 0.489 e. The maximum atomic E-state index is 12.5. The van der Waals surface area contributed by atoms with Gasteiger partial charge in [0.25, 0.3) is 0 Å². The number of nitrogens with two attached hydrogens (primary N) is 1. The Morgan fingerprint density at radius 2 is 1.17 bits per heavy atom. The van der Waals surface area contributed by atoms with E-state index in [4.69, 9.17) is 34.2 Å². The van der Waals surface area contributed by atoms with Crippen LogP contribution < -0.4 is 10.5 Å². The number of amides is 1. The fourth-order valence-electron chi connectivity index (χ4n) is 4.58. The molecule has 0 heterocycles. The highest BCUT2D eigenvalue weighted by Crippen LogP contribution is 2.44.